The van der Waals surface area contributed by atoms with Gasteiger partial charge in [-0.15, -0.1) is 0 Å². The summed E-state index contributed by atoms with van der Waals surface area (Å²) >= 11 is 0. The molecule has 0 spiro atoms. The van der Waals surface area contributed by atoms with Crippen molar-refractivity contribution in [2.75, 3.05) is 23.3 Å². The van der Waals surface area contributed by atoms with Crippen molar-refractivity contribution in [1.29, 1.82) is 0 Å². The van der Waals surface area contributed by atoms with E-state index in [1.807, 2.05) is 6.07 Å². The topological polar surface area (TPSA) is 83.0 Å². The second-order valence-corrected chi connectivity index (χ2v) is 8.27. The largest absolute Gasteiger partial charge is 0.367 e. The van der Waals surface area contributed by atoms with E-state index in [4.69, 9.17) is 0 Å². The van der Waals surface area contributed by atoms with E-state index in [0.29, 0.717) is 45.1 Å². The number of hydrogen-bond donors (Lipinski definition) is 2. The number of nitrogens with zero attached hydrogens (tertiary/aromatic N) is 4. The number of piperazine rings is 1. The van der Waals surface area contributed by atoms with E-state index in [0.717, 1.165) is 18.8 Å². The number of pyridine rings is 1. The number of hydrogen-bond acceptors (Lipinski definition) is 6. The summed E-state index contributed by atoms with van der Waals surface area (Å²) in [7, 11) is 0. The fourth-order valence-corrected chi connectivity index (χ4v) is 4.43. The smallest absolute Gasteiger partial charge is 0.257 e. The Balaban J connectivity index is 1.50. The van der Waals surface area contributed by atoms with Gasteiger partial charge in [0.1, 0.15) is 16.9 Å². The van der Waals surface area contributed by atoms with Crippen LogP contribution in [0.3, 0.4) is 0 Å². The van der Waals surface area contributed by atoms with Crippen LogP contribution in [-0.4, -0.2) is 46.0 Å². The number of nitrogens with one attached hydrogen (secondary N) is 2. The molecule has 2 aromatic carbocycles. The van der Waals surface area contributed by atoms with Crippen LogP contribution in [0.15, 0.2) is 55.1 Å². The summed E-state index contributed by atoms with van der Waals surface area (Å²) in [5, 5.41) is 7.40. The van der Waals surface area contributed by atoms with E-state index < -0.39 is 5.82 Å². The highest BCUT2D eigenvalue weighted by Crippen LogP contribution is 2.29. The lowest BCUT2D eigenvalue weighted by Crippen LogP contribution is -2.54. The van der Waals surface area contributed by atoms with Crippen molar-refractivity contribution in [1.82, 2.24) is 20.3 Å². The van der Waals surface area contributed by atoms with E-state index in [1.165, 1.54) is 12.3 Å². The number of amides is 1. The van der Waals surface area contributed by atoms with Crippen molar-refractivity contribution in [3.8, 4) is 0 Å². The van der Waals surface area contributed by atoms with E-state index in [1.54, 1.807) is 36.8 Å². The van der Waals surface area contributed by atoms with Crippen molar-refractivity contribution in [3.05, 3.63) is 66.5 Å². The van der Waals surface area contributed by atoms with Gasteiger partial charge in [-0.05, 0) is 49.6 Å². The van der Waals surface area contributed by atoms with Crippen LogP contribution >= 0.6 is 0 Å². The van der Waals surface area contributed by atoms with Gasteiger partial charge >= 0.3 is 0 Å². The number of carbonyl (C=O) groups is 1. The molecule has 0 unspecified atom stereocenters. The summed E-state index contributed by atoms with van der Waals surface area (Å²) in [6, 6.07) is 9.10. The molecule has 0 radical (unpaired) electrons. The molecule has 8 heteroatoms. The van der Waals surface area contributed by atoms with Crippen LogP contribution in [0.5, 0.6) is 0 Å². The molecule has 2 atom stereocenters. The maximum Gasteiger partial charge on any atom is 0.257 e. The molecular formula is C24H23FN6O. The van der Waals surface area contributed by atoms with Crippen molar-refractivity contribution >= 4 is 39.1 Å². The van der Waals surface area contributed by atoms with E-state index in [9.17, 15) is 9.18 Å². The molecular weight excluding hydrogens is 407 g/mol. The third-order valence-corrected chi connectivity index (χ3v) is 5.71. The average molecular weight is 430 g/mol. The molecule has 2 aromatic heterocycles. The monoisotopic (exact) mass is 430 g/mol. The van der Waals surface area contributed by atoms with Gasteiger partial charge in [0.25, 0.3) is 5.91 Å². The Morgan fingerprint density at radius 1 is 1.06 bits per heavy atom. The Bertz CT molecular complexity index is 1320. The predicted molar refractivity (Wildman–Crippen MR) is 123 cm³/mol. The minimum Gasteiger partial charge on any atom is -0.367 e. The first-order valence-corrected chi connectivity index (χ1v) is 10.6. The summed E-state index contributed by atoms with van der Waals surface area (Å²) < 4.78 is 14.5. The number of halogens is 1. The lowest BCUT2D eigenvalue weighted by atomic mass is 10.1. The third kappa shape index (κ3) is 3.73. The maximum atomic E-state index is 14.5. The predicted octanol–water partition coefficient (Wildman–Crippen LogP) is 3.76. The van der Waals surface area contributed by atoms with Gasteiger partial charge in [0, 0.05) is 61.0 Å². The molecule has 1 fully saturated rings. The minimum absolute atomic E-state index is 0.339. The second-order valence-electron chi connectivity index (χ2n) is 8.27. The summed E-state index contributed by atoms with van der Waals surface area (Å²) in [5.74, 6) is -0.801. The summed E-state index contributed by atoms with van der Waals surface area (Å²) in [4.78, 5) is 28.4. The van der Waals surface area contributed by atoms with Crippen LogP contribution in [0.1, 0.15) is 24.2 Å². The molecule has 7 nitrogen and oxygen atoms in total. The molecule has 1 amide bonds. The zero-order valence-corrected chi connectivity index (χ0v) is 17.8. The normalized spacial score (nSPS) is 18.8. The summed E-state index contributed by atoms with van der Waals surface area (Å²) in [5.41, 5.74) is 2.92. The van der Waals surface area contributed by atoms with Gasteiger partial charge in [0.15, 0.2) is 0 Å². The average Bonchev–Trinajstić information content (AvgIpc) is 2.77. The van der Waals surface area contributed by atoms with Crippen molar-refractivity contribution in [2.24, 2.45) is 0 Å². The first kappa shape index (κ1) is 20.3. The van der Waals surface area contributed by atoms with Crippen LogP contribution in [0.2, 0.25) is 0 Å². The third-order valence-electron chi connectivity index (χ3n) is 5.71. The maximum absolute atomic E-state index is 14.5. The molecule has 5 rings (SSSR count). The molecule has 1 aliphatic rings. The van der Waals surface area contributed by atoms with Crippen molar-refractivity contribution in [3.63, 3.8) is 0 Å². The number of aromatic nitrogens is 3. The Kier molecular flexibility index (Phi) is 5.14. The lowest BCUT2D eigenvalue weighted by molar-refractivity contribution is 0.102. The van der Waals surface area contributed by atoms with Gasteiger partial charge in [-0.25, -0.2) is 4.39 Å². The molecule has 0 saturated carbocycles. The van der Waals surface area contributed by atoms with Crippen LogP contribution in [0, 0.1) is 5.82 Å². The fourth-order valence-electron chi connectivity index (χ4n) is 4.43. The fraction of sp³-hybridized carbons (Fsp3) is 0.250. The van der Waals surface area contributed by atoms with Gasteiger partial charge < -0.3 is 15.5 Å². The van der Waals surface area contributed by atoms with Crippen LogP contribution in [0.4, 0.5) is 15.8 Å². The molecule has 32 heavy (non-hydrogen) atoms. The summed E-state index contributed by atoms with van der Waals surface area (Å²) in [6.45, 7) is 5.98. The minimum atomic E-state index is -0.437. The van der Waals surface area contributed by atoms with E-state index in [2.05, 4.69) is 44.3 Å². The molecule has 0 aliphatic carbocycles. The Hall–Kier alpha value is -3.65. The van der Waals surface area contributed by atoms with Crippen LogP contribution in [0.25, 0.3) is 21.8 Å². The second kappa shape index (κ2) is 8.12. The highest BCUT2D eigenvalue weighted by atomic mass is 19.1. The van der Waals surface area contributed by atoms with Crippen LogP contribution in [-0.2, 0) is 0 Å². The zero-order valence-electron chi connectivity index (χ0n) is 17.8. The van der Waals surface area contributed by atoms with Gasteiger partial charge in [-0.3, -0.25) is 19.7 Å². The molecule has 1 aliphatic heterocycles. The van der Waals surface area contributed by atoms with E-state index in [-0.39, 0.29) is 5.91 Å². The Morgan fingerprint density at radius 2 is 1.81 bits per heavy atom. The van der Waals surface area contributed by atoms with Crippen molar-refractivity contribution in [2.45, 2.75) is 25.9 Å². The Morgan fingerprint density at radius 3 is 2.59 bits per heavy atom. The zero-order chi connectivity index (χ0) is 22.2. The highest BCUT2D eigenvalue weighted by molar-refractivity contribution is 6.13. The summed E-state index contributed by atoms with van der Waals surface area (Å²) in [6.07, 6.45) is 6.27. The number of rotatable bonds is 3. The number of fused-ring (bicyclic) bond motifs is 2. The van der Waals surface area contributed by atoms with E-state index >= 15 is 0 Å². The molecule has 4 aromatic rings. The quantitative estimate of drug-likeness (QED) is 0.515. The molecule has 2 N–H and O–H groups in total. The van der Waals surface area contributed by atoms with Gasteiger partial charge in [0.05, 0.1) is 11.3 Å². The highest BCUT2D eigenvalue weighted by Gasteiger charge is 2.24. The SMILES string of the molecule is C[C@@H]1CN(c2ccc(C(=O)Nc3cc(F)c4cnccc4c3)c3nccnc23)C[C@H](C)N1. The van der Waals surface area contributed by atoms with Gasteiger partial charge in [0.2, 0.25) is 0 Å². The molecule has 162 valence electrons. The first-order chi connectivity index (χ1) is 15.5. The van der Waals surface area contributed by atoms with Gasteiger partial charge in [-0.1, -0.05) is 0 Å². The molecule has 0 bridgehead atoms. The standard InChI is InChI=1S/C24H23FN6O/c1-14-12-31(13-15(2)29-14)21-4-3-18(22-23(21)28-8-7-27-22)24(32)30-17-9-16-5-6-26-11-19(16)20(25)10-17/h3-11,14-15,29H,12-13H2,1-2H3,(H,30,32)/t14-,15+. The van der Waals surface area contributed by atoms with Crippen molar-refractivity contribution < 1.29 is 9.18 Å². The molecule has 3 heterocycles. The van der Waals surface area contributed by atoms with Gasteiger partial charge in [-0.2, -0.15) is 0 Å². The molecule has 1 saturated heterocycles. The Labute approximate surface area is 184 Å². The number of benzene rings is 2. The number of anilines is 2. The van der Waals surface area contributed by atoms with Crippen LogP contribution < -0.4 is 15.5 Å². The number of carbonyl (C=O) groups excluding carboxylic acids is 1. The first-order valence-electron chi connectivity index (χ1n) is 10.6. The lowest BCUT2D eigenvalue weighted by Gasteiger charge is -2.38.